The molecule has 0 radical (unpaired) electrons. The summed E-state index contributed by atoms with van der Waals surface area (Å²) < 4.78 is 49.4. The molecule has 8 atom stereocenters. The summed E-state index contributed by atoms with van der Waals surface area (Å²) in [5, 5.41) is 43.1. The van der Waals surface area contributed by atoms with Crippen LogP contribution in [0.2, 0.25) is 0 Å². The van der Waals surface area contributed by atoms with E-state index in [4.69, 9.17) is 18.9 Å². The van der Waals surface area contributed by atoms with E-state index < -0.39 is 59.4 Å². The molecule has 12 nitrogen and oxygen atoms in total. The van der Waals surface area contributed by atoms with E-state index in [1.807, 2.05) is 60.7 Å². The molecule has 56 heavy (non-hydrogen) atoms. The van der Waals surface area contributed by atoms with Crippen molar-refractivity contribution in [1.29, 1.82) is 0 Å². The van der Waals surface area contributed by atoms with Crippen LogP contribution in [0.5, 0.6) is 11.5 Å². The summed E-state index contributed by atoms with van der Waals surface area (Å²) in [5.41, 5.74) is -1.26. The van der Waals surface area contributed by atoms with Crippen molar-refractivity contribution in [2.75, 3.05) is 26.2 Å². The molecule has 4 fully saturated rings. The van der Waals surface area contributed by atoms with Crippen molar-refractivity contribution in [3.63, 3.8) is 0 Å². The van der Waals surface area contributed by atoms with E-state index in [9.17, 15) is 38.8 Å². The summed E-state index contributed by atoms with van der Waals surface area (Å²) in [6, 6.07) is 30.5. The van der Waals surface area contributed by atoms with E-state index in [-0.39, 0.29) is 62.7 Å². The third-order valence-electron chi connectivity index (χ3n) is 11.1. The largest absolute Gasteiger partial charge is 0.485 e. The van der Waals surface area contributed by atoms with Crippen LogP contribution in [0.4, 0.5) is 18.4 Å². The van der Waals surface area contributed by atoms with Crippen molar-refractivity contribution in [1.82, 2.24) is 9.80 Å². The Hall–Kier alpha value is -5.28. The highest BCUT2D eigenvalue weighted by molar-refractivity contribution is 5.69. The molecule has 2 aliphatic carbocycles. The lowest BCUT2D eigenvalue weighted by Gasteiger charge is -2.28. The van der Waals surface area contributed by atoms with Gasteiger partial charge < -0.3 is 49.2 Å². The Morgan fingerprint density at radius 3 is 1.30 bits per heavy atom. The molecule has 14 heteroatoms. The van der Waals surface area contributed by atoms with Crippen LogP contribution in [0, 0.1) is 23.5 Å². The number of β-amino-alcohol motifs (C(OH)–C–C–N with tert-alkyl or cyclic N) is 2. The number of fused-ring (bicyclic) bond motifs is 2. The highest BCUT2D eigenvalue weighted by Gasteiger charge is 2.61. The fourth-order valence-corrected chi connectivity index (χ4v) is 8.07. The minimum atomic E-state index is -1.50. The first-order valence-corrected chi connectivity index (χ1v) is 18.5. The Morgan fingerprint density at radius 1 is 0.589 bits per heavy atom. The number of aliphatic hydroxyl groups is 4. The monoisotopic (exact) mass is 774 g/mol. The zero-order chi connectivity index (χ0) is 39.5. The maximum atomic E-state index is 13.8. The molecule has 296 valence electrons. The first-order valence-electron chi connectivity index (χ1n) is 18.5. The van der Waals surface area contributed by atoms with Crippen molar-refractivity contribution in [2.24, 2.45) is 11.8 Å². The third-order valence-corrected chi connectivity index (χ3v) is 11.1. The Kier molecular flexibility index (Phi) is 11.4. The summed E-state index contributed by atoms with van der Waals surface area (Å²) in [7, 11) is 0. The van der Waals surface area contributed by atoms with Crippen LogP contribution in [-0.4, -0.2) is 104 Å². The van der Waals surface area contributed by atoms with Gasteiger partial charge in [-0.15, -0.1) is 0 Å². The molecule has 4 N–H and O–H groups in total. The Labute approximate surface area is 322 Å². The van der Waals surface area contributed by atoms with Gasteiger partial charge in [-0.25, -0.2) is 18.4 Å². The molecule has 0 aromatic heterocycles. The summed E-state index contributed by atoms with van der Waals surface area (Å²) in [4.78, 5) is 27.5. The highest BCUT2D eigenvalue weighted by atomic mass is 19.1. The number of carbonyl (C=O) groups excluding carboxylic acids is 2. The maximum Gasteiger partial charge on any atom is 0.410 e. The molecule has 0 spiro atoms. The number of ether oxygens (including phenoxy) is 4. The highest BCUT2D eigenvalue weighted by Crippen LogP contribution is 2.45. The zero-order valence-electron chi connectivity index (χ0n) is 30.4. The number of nitrogens with zero attached hydrogens (tertiary/aromatic N) is 2. The van der Waals surface area contributed by atoms with Crippen LogP contribution in [0.15, 0.2) is 109 Å². The van der Waals surface area contributed by atoms with Gasteiger partial charge in [0.15, 0.2) is 23.1 Å². The second-order valence-electron chi connectivity index (χ2n) is 14.8. The predicted molar refractivity (Wildman–Crippen MR) is 196 cm³/mol. The number of rotatable bonds is 8. The second-order valence-corrected chi connectivity index (χ2v) is 14.8. The predicted octanol–water partition coefficient (Wildman–Crippen LogP) is 4.67. The molecule has 4 aromatic carbocycles. The van der Waals surface area contributed by atoms with Gasteiger partial charge in [0, 0.05) is 24.9 Å². The van der Waals surface area contributed by atoms with Crippen molar-refractivity contribution >= 4 is 12.2 Å². The van der Waals surface area contributed by atoms with Crippen LogP contribution in [0.3, 0.4) is 0 Å². The minimum absolute atomic E-state index is 0.0363. The Balaban J connectivity index is 0.000000172. The summed E-state index contributed by atoms with van der Waals surface area (Å²) in [5.74, 6) is -1.72. The number of benzene rings is 4. The Morgan fingerprint density at radius 2 is 0.946 bits per heavy atom. The van der Waals surface area contributed by atoms with Gasteiger partial charge in [0.2, 0.25) is 0 Å². The molecule has 0 bridgehead atoms. The lowest BCUT2D eigenvalue weighted by molar-refractivity contribution is -0.0863. The van der Waals surface area contributed by atoms with Gasteiger partial charge in [-0.3, -0.25) is 0 Å². The van der Waals surface area contributed by atoms with E-state index in [0.29, 0.717) is 12.8 Å². The van der Waals surface area contributed by atoms with E-state index in [1.54, 1.807) is 24.3 Å². The number of halogens is 2. The van der Waals surface area contributed by atoms with E-state index in [0.717, 1.165) is 11.1 Å². The standard InChI is InChI=1S/2C21H22FNO5/c2*22-16-8-4-5-9-17(16)28-18-10-15-11-23(13-21(15,26)19(18)24)20(25)27-12-14-6-2-1-3-7-14/h2*1-9,15,18-19,24,26H,10-13H2/t2*15-,18+,19+,21-/m10/s1. The number of carbonyl (C=O) groups is 2. The normalized spacial score (nSPS) is 28.8. The van der Waals surface area contributed by atoms with Crippen LogP contribution < -0.4 is 9.47 Å². The first kappa shape index (κ1) is 39.0. The summed E-state index contributed by atoms with van der Waals surface area (Å²) in [6.07, 6.45) is -4.39. The van der Waals surface area contributed by atoms with E-state index in [2.05, 4.69) is 0 Å². The fourth-order valence-electron chi connectivity index (χ4n) is 8.07. The summed E-state index contributed by atoms with van der Waals surface area (Å²) in [6.45, 7) is 0.672. The zero-order valence-corrected chi connectivity index (χ0v) is 30.4. The van der Waals surface area contributed by atoms with Gasteiger partial charge >= 0.3 is 12.2 Å². The number of likely N-dealkylation sites (tertiary alicyclic amines) is 2. The smallest absolute Gasteiger partial charge is 0.410 e. The van der Waals surface area contributed by atoms with Gasteiger partial charge in [-0.1, -0.05) is 84.9 Å². The second kappa shape index (κ2) is 16.4. The van der Waals surface area contributed by atoms with Crippen LogP contribution in [0.1, 0.15) is 24.0 Å². The number of amides is 2. The topological polar surface area (TPSA) is 158 Å². The van der Waals surface area contributed by atoms with Crippen molar-refractivity contribution in [3.05, 3.63) is 132 Å². The van der Waals surface area contributed by atoms with Gasteiger partial charge in [-0.2, -0.15) is 0 Å². The average Bonchev–Trinajstić information content (AvgIpc) is 3.87. The number of hydrogen-bond acceptors (Lipinski definition) is 10. The molecule has 0 unspecified atom stereocenters. The average molecular weight is 775 g/mol. The molecule has 2 aliphatic heterocycles. The molecule has 2 saturated carbocycles. The van der Waals surface area contributed by atoms with Crippen molar-refractivity contribution < 1.29 is 57.7 Å². The molecule has 2 saturated heterocycles. The van der Waals surface area contributed by atoms with Crippen molar-refractivity contribution in [3.8, 4) is 11.5 Å². The molecule has 4 aromatic rings. The maximum absolute atomic E-state index is 13.8. The molecule has 2 heterocycles. The fraction of sp³-hybridized carbons (Fsp3) is 0.381. The van der Waals surface area contributed by atoms with Gasteiger partial charge in [0.25, 0.3) is 0 Å². The lowest BCUT2D eigenvalue weighted by atomic mass is 9.93. The molecule has 8 rings (SSSR count). The van der Waals surface area contributed by atoms with E-state index >= 15 is 0 Å². The van der Waals surface area contributed by atoms with E-state index in [1.165, 1.54) is 34.1 Å². The van der Waals surface area contributed by atoms with Gasteiger partial charge in [0.05, 0.1) is 13.1 Å². The van der Waals surface area contributed by atoms with Gasteiger partial charge in [-0.05, 0) is 48.2 Å². The quantitative estimate of drug-likeness (QED) is 0.198. The SMILES string of the molecule is O=C(OCc1ccccc1)N1C[C@@H]2C[C@@H](Oc3ccccc3F)[C@@H](O)[C@]2(O)C1.O=C(OCc1ccccc1)N1C[C@H]2C[C@H](Oc3ccccc3F)[C@H](O)[C@@]2(O)C1. The van der Waals surface area contributed by atoms with Crippen LogP contribution >= 0.6 is 0 Å². The van der Waals surface area contributed by atoms with Crippen LogP contribution in [-0.2, 0) is 22.7 Å². The lowest BCUT2D eigenvalue weighted by Crippen LogP contribution is -2.49. The van der Waals surface area contributed by atoms with Gasteiger partial charge in [0.1, 0.15) is 48.8 Å². The van der Waals surface area contributed by atoms with Crippen molar-refractivity contribution in [2.45, 2.75) is 61.7 Å². The molecular weight excluding hydrogens is 730 g/mol. The molecule has 2 amide bonds. The number of para-hydroxylation sites is 2. The molecule has 4 aliphatic rings. The summed E-state index contributed by atoms with van der Waals surface area (Å²) >= 11 is 0. The minimum Gasteiger partial charge on any atom is -0.485 e. The first-order chi connectivity index (χ1) is 26.9. The third kappa shape index (κ3) is 8.14. The Bertz CT molecular complexity index is 1840. The molecular formula is C42H44F2N2O10. The van der Waals surface area contributed by atoms with Crippen LogP contribution in [0.25, 0.3) is 0 Å². The number of aliphatic hydroxyl groups excluding tert-OH is 2. The number of hydrogen-bond donors (Lipinski definition) is 4.